The highest BCUT2D eigenvalue weighted by Gasteiger charge is 2.48. The van der Waals surface area contributed by atoms with Crippen LogP contribution in [-0.2, 0) is 26.6 Å². The lowest BCUT2D eigenvalue weighted by atomic mass is 9.84. The van der Waals surface area contributed by atoms with Crippen LogP contribution in [0.1, 0.15) is 36.6 Å². The molecule has 0 spiro atoms. The van der Waals surface area contributed by atoms with E-state index in [1.807, 2.05) is 49.4 Å². The summed E-state index contributed by atoms with van der Waals surface area (Å²) in [4.78, 5) is 37.3. The highest BCUT2D eigenvalue weighted by molar-refractivity contribution is 6.09. The zero-order valence-electron chi connectivity index (χ0n) is 22.7. The molecule has 2 unspecified atom stereocenters. The number of para-hydroxylation sites is 1. The lowest BCUT2D eigenvalue weighted by Gasteiger charge is -2.35. The molecule has 3 aromatic rings. The number of imide groups is 1. The number of pyridine rings is 1. The summed E-state index contributed by atoms with van der Waals surface area (Å²) in [6.45, 7) is 7.70. The molecule has 2 saturated heterocycles. The van der Waals surface area contributed by atoms with Crippen molar-refractivity contribution in [3.8, 4) is 5.75 Å². The molecule has 0 saturated carbocycles. The molecule has 10 heteroatoms. The molecule has 0 radical (unpaired) electrons. The first-order chi connectivity index (χ1) is 19.3. The molecular formula is C30H33N5O5. The number of oxime groups is 1. The maximum absolute atomic E-state index is 12.4. The second-order valence-corrected chi connectivity index (χ2v) is 11.0. The molecule has 3 aliphatic rings. The molecule has 3 aliphatic heterocycles. The Kier molecular flexibility index (Phi) is 6.89. The van der Waals surface area contributed by atoms with Gasteiger partial charge in [-0.3, -0.25) is 20.0 Å². The Morgan fingerprint density at radius 1 is 1.07 bits per heavy atom. The van der Waals surface area contributed by atoms with Gasteiger partial charge in [0.15, 0.2) is 5.60 Å². The van der Waals surface area contributed by atoms with Gasteiger partial charge in [0.05, 0.1) is 24.4 Å². The van der Waals surface area contributed by atoms with Gasteiger partial charge in [0.1, 0.15) is 17.9 Å². The average Bonchev–Trinajstić information content (AvgIpc) is 3.46. The van der Waals surface area contributed by atoms with Crippen molar-refractivity contribution >= 4 is 28.6 Å². The minimum Gasteiger partial charge on any atom is -0.489 e. The Balaban J connectivity index is 1.20. The van der Waals surface area contributed by atoms with Gasteiger partial charge in [-0.25, -0.2) is 4.79 Å². The second-order valence-electron chi connectivity index (χ2n) is 11.0. The van der Waals surface area contributed by atoms with Crippen molar-refractivity contribution < 1.29 is 23.9 Å². The summed E-state index contributed by atoms with van der Waals surface area (Å²) in [5.41, 5.74) is 2.92. The number of ether oxygens (including phenoxy) is 2. The largest absolute Gasteiger partial charge is 0.489 e. The molecule has 0 aliphatic carbocycles. The summed E-state index contributed by atoms with van der Waals surface area (Å²) in [6, 6.07) is 17.6. The number of urea groups is 1. The molecular weight excluding hydrogens is 510 g/mol. The minimum absolute atomic E-state index is 0.274. The van der Waals surface area contributed by atoms with Crippen LogP contribution in [0.4, 0.5) is 4.79 Å². The zero-order chi connectivity index (χ0) is 27.7. The van der Waals surface area contributed by atoms with Gasteiger partial charge in [-0.15, -0.1) is 0 Å². The van der Waals surface area contributed by atoms with Crippen LogP contribution in [-0.4, -0.2) is 65.9 Å². The molecule has 6 rings (SSSR count). The molecule has 208 valence electrons. The van der Waals surface area contributed by atoms with E-state index in [1.54, 1.807) is 6.92 Å². The maximum Gasteiger partial charge on any atom is 0.322 e. The summed E-state index contributed by atoms with van der Waals surface area (Å²) in [5, 5.41) is 10.5. The van der Waals surface area contributed by atoms with Crippen molar-refractivity contribution in [3.05, 3.63) is 71.4 Å². The summed E-state index contributed by atoms with van der Waals surface area (Å²) in [7, 11) is 0. The molecule has 3 amide bonds. The fraction of sp³-hybridized carbons (Fsp3) is 0.400. The highest BCUT2D eigenvalue weighted by atomic mass is 16.7. The average molecular weight is 544 g/mol. The number of carbonyl (C=O) groups is 2. The summed E-state index contributed by atoms with van der Waals surface area (Å²) >= 11 is 0. The first-order valence-corrected chi connectivity index (χ1v) is 13.6. The van der Waals surface area contributed by atoms with Crippen LogP contribution in [0.15, 0.2) is 59.8 Å². The molecule has 40 heavy (non-hydrogen) atoms. The number of rotatable bonds is 8. The van der Waals surface area contributed by atoms with E-state index in [0.29, 0.717) is 32.8 Å². The number of aryl methyl sites for hydroxylation is 1. The Bertz CT molecular complexity index is 1470. The number of amides is 3. The van der Waals surface area contributed by atoms with Crippen LogP contribution in [0.25, 0.3) is 10.9 Å². The van der Waals surface area contributed by atoms with Crippen molar-refractivity contribution in [1.29, 1.82) is 0 Å². The van der Waals surface area contributed by atoms with E-state index in [2.05, 4.69) is 37.8 Å². The van der Waals surface area contributed by atoms with Gasteiger partial charge in [0.2, 0.25) is 0 Å². The Hall–Kier alpha value is -4.02. The smallest absolute Gasteiger partial charge is 0.322 e. The first-order valence-electron chi connectivity index (χ1n) is 13.6. The van der Waals surface area contributed by atoms with Crippen LogP contribution in [0, 0.1) is 6.92 Å². The van der Waals surface area contributed by atoms with Crippen molar-refractivity contribution in [2.24, 2.45) is 5.16 Å². The van der Waals surface area contributed by atoms with E-state index < -0.39 is 17.2 Å². The van der Waals surface area contributed by atoms with E-state index in [4.69, 9.17) is 14.3 Å². The number of carbonyl (C=O) groups excluding carboxylic acids is 2. The number of hydrogen-bond acceptors (Lipinski definition) is 8. The van der Waals surface area contributed by atoms with Crippen LogP contribution in [0.5, 0.6) is 5.75 Å². The van der Waals surface area contributed by atoms with E-state index >= 15 is 0 Å². The normalized spacial score (nSPS) is 24.9. The molecule has 2 aromatic carbocycles. The Morgan fingerprint density at radius 2 is 1.85 bits per heavy atom. The Morgan fingerprint density at radius 3 is 2.60 bits per heavy atom. The number of fused-ring (bicyclic) bond motifs is 1. The van der Waals surface area contributed by atoms with Crippen LogP contribution in [0.2, 0.25) is 0 Å². The number of nitrogens with one attached hydrogen (secondary N) is 2. The van der Waals surface area contributed by atoms with Gasteiger partial charge in [-0.1, -0.05) is 35.5 Å². The van der Waals surface area contributed by atoms with Gasteiger partial charge in [0.25, 0.3) is 5.91 Å². The number of hydrogen-bond donors (Lipinski definition) is 2. The monoisotopic (exact) mass is 543 g/mol. The molecule has 4 heterocycles. The van der Waals surface area contributed by atoms with E-state index in [9.17, 15) is 9.59 Å². The van der Waals surface area contributed by atoms with E-state index in [1.165, 1.54) is 0 Å². The molecule has 10 nitrogen and oxygen atoms in total. The first kappa shape index (κ1) is 26.2. The van der Waals surface area contributed by atoms with Crippen molar-refractivity contribution in [3.63, 3.8) is 0 Å². The van der Waals surface area contributed by atoms with Gasteiger partial charge >= 0.3 is 6.03 Å². The standard InChI is InChI=1S/C30H33N5O5/c1-20-15-21(25-5-3-4-6-26(25)31-20)18-39-24-9-7-22(8-10-24)30(19-35-11-13-38-14-12-35)17-23(34-40-30)16-29(2)27(36)32-28(37)33-29/h3-10,15H,11-14,16-19H2,1-2H3,(H2,32,33,36,37). The SMILES string of the molecule is Cc1cc(COc2ccc(C3(CN4CCOCC4)CC(CC4(C)NC(=O)NC4=O)=NO3)cc2)c2ccccc2n1. The number of benzene rings is 2. The lowest BCUT2D eigenvalue weighted by Crippen LogP contribution is -2.47. The lowest BCUT2D eigenvalue weighted by molar-refractivity contribution is -0.123. The molecule has 2 fully saturated rings. The highest BCUT2D eigenvalue weighted by Crippen LogP contribution is 2.39. The quantitative estimate of drug-likeness (QED) is 0.419. The second kappa shape index (κ2) is 10.5. The predicted molar refractivity (Wildman–Crippen MR) is 149 cm³/mol. The van der Waals surface area contributed by atoms with Crippen molar-refractivity contribution in [2.45, 2.75) is 44.4 Å². The molecule has 2 N–H and O–H groups in total. The summed E-state index contributed by atoms with van der Waals surface area (Å²) < 4.78 is 11.7. The van der Waals surface area contributed by atoms with E-state index in [0.717, 1.165) is 52.3 Å². The zero-order valence-corrected chi connectivity index (χ0v) is 22.7. The fourth-order valence-electron chi connectivity index (χ4n) is 5.73. The molecule has 2 atom stereocenters. The topological polar surface area (TPSA) is 114 Å². The minimum atomic E-state index is -1.05. The third kappa shape index (κ3) is 5.24. The molecule has 1 aromatic heterocycles. The maximum atomic E-state index is 12.4. The Labute approximate surface area is 232 Å². The molecule has 0 bridgehead atoms. The van der Waals surface area contributed by atoms with Crippen LogP contribution in [0.3, 0.4) is 0 Å². The van der Waals surface area contributed by atoms with Crippen molar-refractivity contribution in [2.75, 3.05) is 32.8 Å². The third-order valence-corrected chi connectivity index (χ3v) is 7.80. The number of morpholine rings is 1. The van der Waals surface area contributed by atoms with Gasteiger partial charge in [-0.2, -0.15) is 0 Å². The van der Waals surface area contributed by atoms with Crippen molar-refractivity contribution in [1.82, 2.24) is 20.5 Å². The van der Waals surface area contributed by atoms with Gasteiger partial charge in [0, 0.05) is 54.7 Å². The van der Waals surface area contributed by atoms with Crippen LogP contribution < -0.4 is 15.4 Å². The summed E-state index contributed by atoms with van der Waals surface area (Å²) in [5.74, 6) is 0.394. The van der Waals surface area contributed by atoms with Crippen LogP contribution >= 0.6 is 0 Å². The fourth-order valence-corrected chi connectivity index (χ4v) is 5.73. The van der Waals surface area contributed by atoms with E-state index in [-0.39, 0.29) is 12.3 Å². The number of aromatic nitrogens is 1. The predicted octanol–water partition coefficient (Wildman–Crippen LogP) is 3.41. The van der Waals surface area contributed by atoms with Gasteiger partial charge in [-0.05, 0) is 38.1 Å². The third-order valence-electron chi connectivity index (χ3n) is 7.80. The summed E-state index contributed by atoms with van der Waals surface area (Å²) in [6.07, 6.45) is 0.779. The number of nitrogens with zero attached hydrogens (tertiary/aromatic N) is 3. The van der Waals surface area contributed by atoms with Gasteiger partial charge < -0.3 is 19.6 Å².